The first kappa shape index (κ1) is 19.5. The molecule has 2 nitrogen and oxygen atoms in total. The van der Waals surface area contributed by atoms with Crippen LogP contribution in [0.15, 0.2) is 42.5 Å². The van der Waals surface area contributed by atoms with Gasteiger partial charge in [0.15, 0.2) is 0 Å². The fraction of sp³-hybridized carbons (Fsp3) is 0.478. The second kappa shape index (κ2) is 8.26. The molecular weight excluding hydrogens is 361 g/mol. The molecule has 5 heteroatoms. The van der Waals surface area contributed by atoms with Crippen molar-refractivity contribution in [2.45, 2.75) is 44.3 Å². The lowest BCUT2D eigenvalue weighted by molar-refractivity contribution is -0.137. The third kappa shape index (κ3) is 4.58. The Morgan fingerprint density at radius 2 is 1.82 bits per heavy atom. The van der Waals surface area contributed by atoms with E-state index in [1.807, 2.05) is 6.07 Å². The molecule has 4 rings (SSSR count). The van der Waals surface area contributed by atoms with E-state index in [4.69, 9.17) is 0 Å². The number of benzene rings is 2. The molecule has 0 amide bonds. The first-order valence-corrected chi connectivity index (χ1v) is 10.2. The number of nitrogens with one attached hydrogen (secondary N) is 1. The lowest BCUT2D eigenvalue weighted by Crippen LogP contribution is -2.34. The van der Waals surface area contributed by atoms with Crippen LogP contribution in [-0.4, -0.2) is 31.1 Å². The first-order valence-electron chi connectivity index (χ1n) is 10.2. The van der Waals surface area contributed by atoms with Crippen molar-refractivity contribution in [3.63, 3.8) is 0 Å². The molecule has 0 atom stereocenters. The predicted octanol–water partition coefficient (Wildman–Crippen LogP) is 4.77. The van der Waals surface area contributed by atoms with Gasteiger partial charge in [0.25, 0.3) is 0 Å². The first-order chi connectivity index (χ1) is 13.5. The van der Waals surface area contributed by atoms with Gasteiger partial charge in [-0.3, -0.25) is 0 Å². The smallest absolute Gasteiger partial charge is 0.312 e. The van der Waals surface area contributed by atoms with Crippen LogP contribution in [0.25, 0.3) is 0 Å². The highest BCUT2D eigenvalue weighted by molar-refractivity contribution is 5.34. The second-order valence-electron chi connectivity index (χ2n) is 8.02. The van der Waals surface area contributed by atoms with E-state index in [2.05, 4.69) is 28.4 Å². The molecule has 1 N–H and O–H groups in total. The van der Waals surface area contributed by atoms with Crippen LogP contribution in [0.2, 0.25) is 0 Å². The minimum atomic E-state index is -4.26. The number of fused-ring (bicyclic) bond motifs is 1. The SMILES string of the molecule is FC(F)(F)c1cccc(C2CCN(CCc3ccc4c(c3)CCNC4)CC2)c1. The molecule has 1 saturated heterocycles. The maximum atomic E-state index is 13.0. The molecule has 2 heterocycles. The molecular formula is C23H27F3N2. The molecule has 2 aliphatic rings. The van der Waals surface area contributed by atoms with Gasteiger partial charge in [-0.1, -0.05) is 36.4 Å². The summed E-state index contributed by atoms with van der Waals surface area (Å²) in [6, 6.07) is 12.7. The van der Waals surface area contributed by atoms with Crippen molar-refractivity contribution in [2.24, 2.45) is 0 Å². The Labute approximate surface area is 164 Å². The van der Waals surface area contributed by atoms with Crippen LogP contribution in [-0.2, 0) is 25.6 Å². The van der Waals surface area contributed by atoms with Gasteiger partial charge >= 0.3 is 6.18 Å². The van der Waals surface area contributed by atoms with Crippen molar-refractivity contribution in [3.05, 3.63) is 70.3 Å². The lowest BCUT2D eigenvalue weighted by atomic mass is 9.88. The van der Waals surface area contributed by atoms with Crippen LogP contribution in [0, 0.1) is 0 Å². The van der Waals surface area contributed by atoms with Crippen molar-refractivity contribution in [1.29, 1.82) is 0 Å². The highest BCUT2D eigenvalue weighted by Gasteiger charge is 2.31. The van der Waals surface area contributed by atoms with E-state index in [0.717, 1.165) is 70.0 Å². The van der Waals surface area contributed by atoms with Gasteiger partial charge in [-0.05, 0) is 79.6 Å². The summed E-state index contributed by atoms with van der Waals surface area (Å²) in [5.74, 6) is 0.231. The van der Waals surface area contributed by atoms with Gasteiger partial charge in [0, 0.05) is 13.1 Å². The summed E-state index contributed by atoms with van der Waals surface area (Å²) in [5.41, 5.74) is 4.57. The maximum absolute atomic E-state index is 13.0. The number of likely N-dealkylation sites (tertiary alicyclic amines) is 1. The average molecular weight is 388 g/mol. The largest absolute Gasteiger partial charge is 0.416 e. The van der Waals surface area contributed by atoms with Gasteiger partial charge in [0.05, 0.1) is 5.56 Å². The molecule has 0 aromatic heterocycles. The summed E-state index contributed by atoms with van der Waals surface area (Å²) in [6.07, 6.45) is -0.267. The van der Waals surface area contributed by atoms with E-state index in [1.54, 1.807) is 0 Å². The molecule has 2 aliphatic heterocycles. The molecule has 150 valence electrons. The quantitative estimate of drug-likeness (QED) is 0.811. The van der Waals surface area contributed by atoms with E-state index >= 15 is 0 Å². The van der Waals surface area contributed by atoms with E-state index in [-0.39, 0.29) is 5.92 Å². The third-order valence-corrected chi connectivity index (χ3v) is 6.15. The molecule has 0 spiro atoms. The molecule has 0 saturated carbocycles. The molecule has 2 aromatic carbocycles. The molecule has 2 aromatic rings. The van der Waals surface area contributed by atoms with Gasteiger partial charge < -0.3 is 10.2 Å². The van der Waals surface area contributed by atoms with E-state index in [0.29, 0.717) is 0 Å². The Morgan fingerprint density at radius 1 is 1.00 bits per heavy atom. The Bertz CT molecular complexity index is 808. The van der Waals surface area contributed by atoms with Gasteiger partial charge in [0.1, 0.15) is 0 Å². The van der Waals surface area contributed by atoms with Gasteiger partial charge in [0.2, 0.25) is 0 Å². The Hall–Kier alpha value is -1.85. The Morgan fingerprint density at radius 3 is 2.61 bits per heavy atom. The third-order valence-electron chi connectivity index (χ3n) is 6.15. The number of alkyl halides is 3. The molecule has 0 radical (unpaired) electrons. The topological polar surface area (TPSA) is 15.3 Å². The number of hydrogen-bond acceptors (Lipinski definition) is 2. The normalized spacial score (nSPS) is 18.8. The zero-order valence-corrected chi connectivity index (χ0v) is 16.1. The van der Waals surface area contributed by atoms with Crippen molar-refractivity contribution in [2.75, 3.05) is 26.2 Å². The highest BCUT2D eigenvalue weighted by atomic mass is 19.4. The number of piperidine rings is 1. The summed E-state index contributed by atoms with van der Waals surface area (Å²) < 4.78 is 38.9. The zero-order valence-electron chi connectivity index (χ0n) is 16.1. The van der Waals surface area contributed by atoms with Crippen LogP contribution in [0.3, 0.4) is 0 Å². The lowest BCUT2D eigenvalue weighted by Gasteiger charge is -2.32. The van der Waals surface area contributed by atoms with Crippen LogP contribution in [0.4, 0.5) is 13.2 Å². The molecule has 0 unspecified atom stereocenters. The Kier molecular flexibility index (Phi) is 5.74. The zero-order chi connectivity index (χ0) is 19.6. The fourth-order valence-electron chi connectivity index (χ4n) is 4.43. The van der Waals surface area contributed by atoms with Crippen LogP contribution < -0.4 is 5.32 Å². The van der Waals surface area contributed by atoms with Crippen molar-refractivity contribution < 1.29 is 13.2 Å². The minimum absolute atomic E-state index is 0.231. The van der Waals surface area contributed by atoms with Crippen molar-refractivity contribution in [1.82, 2.24) is 10.2 Å². The minimum Gasteiger partial charge on any atom is -0.312 e. The standard InChI is InChI=1S/C23H27F3N2/c24-23(25,26)22-3-1-2-19(15-22)18-8-12-28(13-9-18)11-7-17-4-5-21-16-27-10-6-20(21)14-17/h1-5,14-15,18,27H,6-13,16H2. The summed E-state index contributed by atoms with van der Waals surface area (Å²) in [5, 5.41) is 3.40. The average Bonchev–Trinajstić information content (AvgIpc) is 2.72. The Balaban J connectivity index is 1.30. The van der Waals surface area contributed by atoms with Gasteiger partial charge in [-0.15, -0.1) is 0 Å². The van der Waals surface area contributed by atoms with E-state index < -0.39 is 11.7 Å². The molecule has 1 fully saturated rings. The van der Waals surface area contributed by atoms with Crippen LogP contribution >= 0.6 is 0 Å². The summed E-state index contributed by atoms with van der Waals surface area (Å²) in [7, 11) is 0. The maximum Gasteiger partial charge on any atom is 0.416 e. The summed E-state index contributed by atoms with van der Waals surface area (Å²) >= 11 is 0. The number of nitrogens with zero attached hydrogens (tertiary/aromatic N) is 1. The summed E-state index contributed by atoms with van der Waals surface area (Å²) in [6.45, 7) is 4.95. The van der Waals surface area contributed by atoms with Crippen molar-refractivity contribution >= 4 is 0 Å². The van der Waals surface area contributed by atoms with Crippen LogP contribution in [0.1, 0.15) is 46.6 Å². The van der Waals surface area contributed by atoms with Crippen molar-refractivity contribution in [3.8, 4) is 0 Å². The molecule has 0 aliphatic carbocycles. The molecule has 0 bridgehead atoms. The molecule has 28 heavy (non-hydrogen) atoms. The summed E-state index contributed by atoms with van der Waals surface area (Å²) in [4.78, 5) is 2.45. The van der Waals surface area contributed by atoms with Crippen LogP contribution in [0.5, 0.6) is 0 Å². The number of halogens is 3. The monoisotopic (exact) mass is 388 g/mol. The number of hydrogen-bond donors (Lipinski definition) is 1. The second-order valence-corrected chi connectivity index (χ2v) is 8.02. The van der Waals surface area contributed by atoms with Gasteiger partial charge in [-0.2, -0.15) is 13.2 Å². The fourth-order valence-corrected chi connectivity index (χ4v) is 4.43. The van der Waals surface area contributed by atoms with Gasteiger partial charge in [-0.25, -0.2) is 0 Å². The van der Waals surface area contributed by atoms with E-state index in [9.17, 15) is 13.2 Å². The van der Waals surface area contributed by atoms with E-state index in [1.165, 1.54) is 28.8 Å². The highest BCUT2D eigenvalue weighted by Crippen LogP contribution is 2.34. The number of rotatable bonds is 4. The predicted molar refractivity (Wildman–Crippen MR) is 105 cm³/mol.